The van der Waals surface area contributed by atoms with Gasteiger partial charge in [-0.2, -0.15) is 4.31 Å². The van der Waals surface area contributed by atoms with E-state index >= 15 is 0 Å². The Hall–Kier alpha value is -2.09. The van der Waals surface area contributed by atoms with E-state index < -0.39 is 10.0 Å². The van der Waals surface area contributed by atoms with Gasteiger partial charge >= 0.3 is 0 Å². The number of hydrogen-bond acceptors (Lipinski definition) is 5. The molecule has 4 rings (SSSR count). The van der Waals surface area contributed by atoms with Gasteiger partial charge in [0.2, 0.25) is 10.0 Å². The molecule has 2 aromatic carbocycles. The van der Waals surface area contributed by atoms with Crippen molar-refractivity contribution in [2.75, 3.05) is 26.3 Å². The minimum Gasteiger partial charge on any atom is -0.486 e. The molecule has 1 fully saturated rings. The van der Waals surface area contributed by atoms with Crippen molar-refractivity contribution in [1.29, 1.82) is 0 Å². The zero-order chi connectivity index (χ0) is 18.7. The summed E-state index contributed by atoms with van der Waals surface area (Å²) in [6.45, 7) is 3.69. The highest BCUT2D eigenvalue weighted by Gasteiger charge is 2.26. The number of sulfonamides is 1. The molecule has 2 aliphatic heterocycles. The van der Waals surface area contributed by atoms with Crippen LogP contribution in [0.4, 0.5) is 0 Å². The lowest BCUT2D eigenvalue weighted by Crippen LogP contribution is -2.27. The quantitative estimate of drug-likeness (QED) is 0.824. The molecule has 0 atom stereocenters. The maximum Gasteiger partial charge on any atom is 0.243 e. The first kappa shape index (κ1) is 18.3. The minimum atomic E-state index is -3.35. The van der Waals surface area contributed by atoms with Crippen molar-refractivity contribution in [3.8, 4) is 11.5 Å². The van der Waals surface area contributed by atoms with Gasteiger partial charge in [0.1, 0.15) is 13.2 Å². The summed E-state index contributed by atoms with van der Waals surface area (Å²) >= 11 is 0. The average Bonchev–Trinajstić information content (AvgIpc) is 3.24. The van der Waals surface area contributed by atoms with E-state index in [0.29, 0.717) is 44.3 Å². The van der Waals surface area contributed by atoms with Gasteiger partial charge in [-0.25, -0.2) is 8.42 Å². The van der Waals surface area contributed by atoms with Crippen LogP contribution in [0.5, 0.6) is 11.5 Å². The first-order valence-electron chi connectivity index (χ1n) is 9.32. The lowest BCUT2D eigenvalue weighted by molar-refractivity contribution is 0.169. The first-order chi connectivity index (χ1) is 13.1. The van der Waals surface area contributed by atoms with Crippen molar-refractivity contribution in [3.63, 3.8) is 0 Å². The fourth-order valence-corrected chi connectivity index (χ4v) is 4.99. The van der Waals surface area contributed by atoms with Crippen LogP contribution in [0.1, 0.15) is 24.0 Å². The van der Waals surface area contributed by atoms with Gasteiger partial charge in [-0.1, -0.05) is 24.3 Å². The molecular formula is C20H24N2O4S. The summed E-state index contributed by atoms with van der Waals surface area (Å²) in [6, 6.07) is 13.0. The van der Waals surface area contributed by atoms with Crippen molar-refractivity contribution >= 4 is 10.0 Å². The molecule has 0 spiro atoms. The van der Waals surface area contributed by atoms with Crippen molar-refractivity contribution in [2.24, 2.45) is 0 Å². The van der Waals surface area contributed by atoms with Gasteiger partial charge in [0.15, 0.2) is 11.5 Å². The third-order valence-electron chi connectivity index (χ3n) is 4.92. The van der Waals surface area contributed by atoms with Crippen molar-refractivity contribution in [1.82, 2.24) is 9.62 Å². The smallest absolute Gasteiger partial charge is 0.243 e. The summed E-state index contributed by atoms with van der Waals surface area (Å²) in [7, 11) is -3.35. The Bertz CT molecular complexity index is 891. The molecule has 0 amide bonds. The van der Waals surface area contributed by atoms with E-state index in [4.69, 9.17) is 9.47 Å². The predicted octanol–water partition coefficient (Wildman–Crippen LogP) is 2.53. The molecule has 2 heterocycles. The van der Waals surface area contributed by atoms with E-state index in [1.807, 2.05) is 30.3 Å². The van der Waals surface area contributed by atoms with E-state index in [-0.39, 0.29) is 0 Å². The fraction of sp³-hybridized carbons (Fsp3) is 0.400. The van der Waals surface area contributed by atoms with Crippen LogP contribution in [0.3, 0.4) is 0 Å². The van der Waals surface area contributed by atoms with Gasteiger partial charge in [-0.15, -0.1) is 0 Å². The van der Waals surface area contributed by atoms with E-state index in [2.05, 4.69) is 5.32 Å². The number of ether oxygens (including phenoxy) is 2. The first-order valence-corrected chi connectivity index (χ1v) is 10.8. The molecular weight excluding hydrogens is 364 g/mol. The van der Waals surface area contributed by atoms with Crippen molar-refractivity contribution in [2.45, 2.75) is 30.8 Å². The number of nitrogens with zero attached hydrogens (tertiary/aromatic N) is 1. The fourth-order valence-electron chi connectivity index (χ4n) is 3.47. The Kier molecular flexibility index (Phi) is 5.33. The van der Waals surface area contributed by atoms with Crippen LogP contribution < -0.4 is 14.8 Å². The Labute approximate surface area is 160 Å². The van der Waals surface area contributed by atoms with Crippen LogP contribution in [-0.4, -0.2) is 39.0 Å². The van der Waals surface area contributed by atoms with Gasteiger partial charge in [-0.3, -0.25) is 0 Å². The second kappa shape index (κ2) is 7.88. The average molecular weight is 388 g/mol. The molecule has 6 nitrogen and oxygen atoms in total. The molecule has 0 aliphatic carbocycles. The van der Waals surface area contributed by atoms with Crippen LogP contribution in [0.2, 0.25) is 0 Å². The number of para-hydroxylation sites is 1. The molecule has 1 N–H and O–H groups in total. The van der Waals surface area contributed by atoms with Crippen LogP contribution in [0.15, 0.2) is 47.4 Å². The molecule has 0 aromatic heterocycles. The van der Waals surface area contributed by atoms with Gasteiger partial charge < -0.3 is 14.8 Å². The van der Waals surface area contributed by atoms with Crippen molar-refractivity contribution < 1.29 is 17.9 Å². The monoisotopic (exact) mass is 388 g/mol. The zero-order valence-electron chi connectivity index (χ0n) is 15.2. The van der Waals surface area contributed by atoms with E-state index in [1.165, 1.54) is 0 Å². The number of hydrogen-bond donors (Lipinski definition) is 1. The molecule has 0 saturated carbocycles. The number of benzene rings is 2. The number of fused-ring (bicyclic) bond motifs is 1. The second-order valence-electron chi connectivity index (χ2n) is 6.80. The molecule has 144 valence electrons. The summed E-state index contributed by atoms with van der Waals surface area (Å²) in [5, 5.41) is 3.39. The lowest BCUT2D eigenvalue weighted by Gasteiger charge is -2.21. The third kappa shape index (κ3) is 3.95. The van der Waals surface area contributed by atoms with Gasteiger partial charge in [0, 0.05) is 31.7 Å². The zero-order valence-corrected chi connectivity index (χ0v) is 16.0. The van der Waals surface area contributed by atoms with Crippen LogP contribution in [0.25, 0.3) is 0 Å². The SMILES string of the molecule is O=S(=O)(c1ccc(CNCc2cccc3c2OCCO3)cc1)N1CCCC1. The predicted molar refractivity (Wildman–Crippen MR) is 102 cm³/mol. The number of rotatable bonds is 6. The van der Waals surface area contributed by atoms with Crippen LogP contribution in [0, 0.1) is 0 Å². The summed E-state index contributed by atoms with van der Waals surface area (Å²) in [5.41, 5.74) is 2.10. The largest absolute Gasteiger partial charge is 0.486 e. The van der Waals surface area contributed by atoms with E-state index in [9.17, 15) is 8.42 Å². The van der Waals surface area contributed by atoms with E-state index in [0.717, 1.165) is 35.5 Å². The highest BCUT2D eigenvalue weighted by Crippen LogP contribution is 2.33. The van der Waals surface area contributed by atoms with Gasteiger partial charge in [0.25, 0.3) is 0 Å². The lowest BCUT2D eigenvalue weighted by atomic mass is 10.1. The summed E-state index contributed by atoms with van der Waals surface area (Å²) in [5.74, 6) is 1.60. The number of nitrogens with one attached hydrogen (secondary N) is 1. The second-order valence-corrected chi connectivity index (χ2v) is 8.74. The van der Waals surface area contributed by atoms with Crippen molar-refractivity contribution in [3.05, 3.63) is 53.6 Å². The van der Waals surface area contributed by atoms with Gasteiger partial charge in [0.05, 0.1) is 4.90 Å². The maximum absolute atomic E-state index is 12.6. The molecule has 2 aromatic rings. The Morgan fingerprint density at radius 2 is 1.67 bits per heavy atom. The van der Waals surface area contributed by atoms with E-state index in [1.54, 1.807) is 16.4 Å². The van der Waals surface area contributed by atoms with Crippen LogP contribution >= 0.6 is 0 Å². The normalized spacial score (nSPS) is 17.2. The maximum atomic E-state index is 12.6. The van der Waals surface area contributed by atoms with Gasteiger partial charge in [-0.05, 0) is 36.6 Å². The third-order valence-corrected chi connectivity index (χ3v) is 6.83. The Morgan fingerprint density at radius 1 is 0.926 bits per heavy atom. The standard InChI is InChI=1S/C20H24N2O4S/c23-27(24,22-10-1-2-11-22)18-8-6-16(7-9-18)14-21-15-17-4-3-5-19-20(17)26-13-12-25-19/h3-9,21H,1-2,10-15H2. The highest BCUT2D eigenvalue weighted by molar-refractivity contribution is 7.89. The highest BCUT2D eigenvalue weighted by atomic mass is 32.2. The Balaban J connectivity index is 1.37. The van der Waals surface area contributed by atoms with Crippen LogP contribution in [-0.2, 0) is 23.1 Å². The molecule has 7 heteroatoms. The summed E-state index contributed by atoms with van der Waals surface area (Å²) in [4.78, 5) is 0.371. The molecule has 0 radical (unpaired) electrons. The summed E-state index contributed by atoms with van der Waals surface area (Å²) in [6.07, 6.45) is 1.89. The Morgan fingerprint density at radius 3 is 2.44 bits per heavy atom. The minimum absolute atomic E-state index is 0.371. The molecule has 0 unspecified atom stereocenters. The summed E-state index contributed by atoms with van der Waals surface area (Å²) < 4.78 is 38.0. The molecule has 2 aliphatic rings. The molecule has 0 bridgehead atoms. The molecule has 27 heavy (non-hydrogen) atoms. The molecule has 1 saturated heterocycles. The topological polar surface area (TPSA) is 67.9 Å².